The molecular weight excluding hydrogens is 407 g/mol. The third-order valence-corrected chi connectivity index (χ3v) is 5.67. The molecule has 0 atom stereocenters. The number of nitrogens with one attached hydrogen (secondary N) is 1. The van der Waals surface area contributed by atoms with Crippen LogP contribution in [0.2, 0.25) is 0 Å². The number of hydrogen-bond donors (Lipinski definition) is 1. The number of hydrogen-bond acceptors (Lipinski definition) is 3. The molecule has 0 saturated carbocycles. The van der Waals surface area contributed by atoms with Crippen molar-refractivity contribution in [3.63, 3.8) is 0 Å². The van der Waals surface area contributed by atoms with E-state index in [-0.39, 0.29) is 29.3 Å². The van der Waals surface area contributed by atoms with Gasteiger partial charge in [-0.2, -0.15) is 0 Å². The number of rotatable bonds is 5. The fourth-order valence-electron chi connectivity index (χ4n) is 3.86. The maximum absolute atomic E-state index is 13.1. The topological polar surface area (TPSA) is 66.5 Å². The first-order valence-corrected chi connectivity index (χ1v) is 10.6. The van der Waals surface area contributed by atoms with Crippen LogP contribution in [0.15, 0.2) is 78.9 Å². The van der Waals surface area contributed by atoms with Gasteiger partial charge in [0.25, 0.3) is 5.91 Å². The average Bonchev–Trinajstić information content (AvgIpc) is 2.84. The Kier molecular flexibility index (Phi) is 6.40. The number of anilines is 1. The summed E-state index contributed by atoms with van der Waals surface area (Å²) in [4.78, 5) is 39.7. The summed E-state index contributed by atoms with van der Waals surface area (Å²) in [7, 11) is 0. The van der Waals surface area contributed by atoms with Gasteiger partial charge in [0.15, 0.2) is 5.78 Å². The monoisotopic (exact) mass is 430 g/mol. The van der Waals surface area contributed by atoms with E-state index in [1.54, 1.807) is 41.3 Å². The standard InChI is InChI=1S/C26H23FN2O3/c27-22-11-9-20(10-12-22)26(32)29-15-13-19(14-16-29)25(31)28-23-8-4-7-21(17-23)24(30)18-5-2-1-3-6-18/h1-12,17,19H,13-16H2,(H,28,31). The lowest BCUT2D eigenvalue weighted by molar-refractivity contribution is -0.121. The quantitative estimate of drug-likeness (QED) is 0.604. The molecule has 1 aliphatic rings. The average molecular weight is 430 g/mol. The van der Waals surface area contributed by atoms with E-state index in [1.807, 2.05) is 18.2 Å². The molecule has 32 heavy (non-hydrogen) atoms. The second-order valence-corrected chi connectivity index (χ2v) is 7.84. The molecule has 1 heterocycles. The van der Waals surface area contributed by atoms with E-state index in [4.69, 9.17) is 0 Å². The smallest absolute Gasteiger partial charge is 0.253 e. The van der Waals surface area contributed by atoms with Crippen molar-refractivity contribution in [3.8, 4) is 0 Å². The zero-order valence-corrected chi connectivity index (χ0v) is 17.5. The number of halogens is 1. The van der Waals surface area contributed by atoms with Gasteiger partial charge in [-0.1, -0.05) is 42.5 Å². The molecule has 0 radical (unpaired) electrons. The van der Waals surface area contributed by atoms with Gasteiger partial charge in [0.05, 0.1) is 0 Å². The lowest BCUT2D eigenvalue weighted by Gasteiger charge is -2.31. The maximum Gasteiger partial charge on any atom is 0.253 e. The summed E-state index contributed by atoms with van der Waals surface area (Å²) >= 11 is 0. The summed E-state index contributed by atoms with van der Waals surface area (Å²) in [5, 5.41) is 2.90. The van der Waals surface area contributed by atoms with Crippen molar-refractivity contribution in [1.29, 1.82) is 0 Å². The highest BCUT2D eigenvalue weighted by molar-refractivity contribution is 6.09. The van der Waals surface area contributed by atoms with Gasteiger partial charge < -0.3 is 10.2 Å². The molecule has 1 N–H and O–H groups in total. The minimum atomic E-state index is -0.383. The second kappa shape index (κ2) is 9.56. The number of benzene rings is 3. The number of nitrogens with zero attached hydrogens (tertiary/aromatic N) is 1. The van der Waals surface area contributed by atoms with Crippen LogP contribution in [0.25, 0.3) is 0 Å². The molecule has 1 aliphatic heterocycles. The predicted octanol–water partition coefficient (Wildman–Crippen LogP) is 4.55. The van der Waals surface area contributed by atoms with Crippen molar-refractivity contribution in [2.75, 3.05) is 18.4 Å². The summed E-state index contributed by atoms with van der Waals surface area (Å²) in [6, 6.07) is 21.4. The molecule has 5 nitrogen and oxygen atoms in total. The number of carbonyl (C=O) groups is 3. The number of amides is 2. The minimum Gasteiger partial charge on any atom is -0.339 e. The first-order chi connectivity index (χ1) is 15.5. The predicted molar refractivity (Wildman–Crippen MR) is 120 cm³/mol. The Bertz CT molecular complexity index is 1120. The largest absolute Gasteiger partial charge is 0.339 e. The van der Waals surface area contributed by atoms with E-state index in [2.05, 4.69) is 5.32 Å². The zero-order valence-electron chi connectivity index (χ0n) is 17.5. The molecule has 3 aromatic carbocycles. The van der Waals surface area contributed by atoms with Crippen LogP contribution in [0, 0.1) is 11.7 Å². The Morgan fingerprint density at radius 2 is 1.44 bits per heavy atom. The van der Waals surface area contributed by atoms with Crippen LogP contribution in [0.5, 0.6) is 0 Å². The molecular formula is C26H23FN2O3. The van der Waals surface area contributed by atoms with Gasteiger partial charge in [-0.25, -0.2) is 4.39 Å². The third-order valence-electron chi connectivity index (χ3n) is 5.67. The highest BCUT2D eigenvalue weighted by Crippen LogP contribution is 2.22. The highest BCUT2D eigenvalue weighted by Gasteiger charge is 2.28. The fraction of sp³-hybridized carbons (Fsp3) is 0.192. The van der Waals surface area contributed by atoms with E-state index in [0.717, 1.165) is 0 Å². The van der Waals surface area contributed by atoms with Gasteiger partial charge in [-0.15, -0.1) is 0 Å². The summed E-state index contributed by atoms with van der Waals surface area (Å²) in [5.74, 6) is -0.985. The summed E-state index contributed by atoms with van der Waals surface area (Å²) in [6.07, 6.45) is 1.09. The lowest BCUT2D eigenvalue weighted by atomic mass is 9.95. The van der Waals surface area contributed by atoms with Crippen LogP contribution in [0.4, 0.5) is 10.1 Å². The van der Waals surface area contributed by atoms with Gasteiger partial charge in [0.2, 0.25) is 5.91 Å². The van der Waals surface area contributed by atoms with Crippen molar-refractivity contribution in [2.45, 2.75) is 12.8 Å². The van der Waals surface area contributed by atoms with Gasteiger partial charge in [0.1, 0.15) is 5.82 Å². The first-order valence-electron chi connectivity index (χ1n) is 10.6. The Labute approximate surface area is 185 Å². The van der Waals surface area contributed by atoms with Gasteiger partial charge in [0, 0.05) is 41.4 Å². The Morgan fingerprint density at radius 3 is 2.12 bits per heavy atom. The zero-order chi connectivity index (χ0) is 22.5. The molecule has 2 amide bonds. The van der Waals surface area contributed by atoms with Crippen molar-refractivity contribution in [1.82, 2.24) is 4.90 Å². The molecule has 6 heteroatoms. The van der Waals surface area contributed by atoms with Crippen LogP contribution in [-0.2, 0) is 4.79 Å². The Balaban J connectivity index is 1.35. The van der Waals surface area contributed by atoms with Crippen molar-refractivity contribution in [2.24, 2.45) is 5.92 Å². The second-order valence-electron chi connectivity index (χ2n) is 7.84. The van der Waals surface area contributed by atoms with Crippen molar-refractivity contribution >= 4 is 23.3 Å². The summed E-state index contributed by atoms with van der Waals surface area (Å²) in [6.45, 7) is 0.918. The number of likely N-dealkylation sites (tertiary alicyclic amines) is 1. The third kappa shape index (κ3) is 4.91. The van der Waals surface area contributed by atoms with Crippen LogP contribution in [0.3, 0.4) is 0 Å². The SMILES string of the molecule is O=C(c1ccccc1)c1cccc(NC(=O)C2CCN(C(=O)c3ccc(F)cc3)CC2)c1. The normalized spacial score (nSPS) is 14.1. The number of carbonyl (C=O) groups excluding carboxylic acids is 3. The summed E-state index contributed by atoms with van der Waals surface area (Å²) in [5.41, 5.74) is 2.11. The molecule has 162 valence electrons. The number of piperidine rings is 1. The Hall–Kier alpha value is -3.80. The van der Waals surface area contributed by atoms with Crippen molar-refractivity contribution < 1.29 is 18.8 Å². The molecule has 0 aliphatic carbocycles. The first kappa shape index (κ1) is 21.4. The van der Waals surface area contributed by atoms with Crippen LogP contribution in [0.1, 0.15) is 39.1 Å². The molecule has 3 aromatic rings. The van der Waals surface area contributed by atoms with Gasteiger partial charge in [-0.3, -0.25) is 14.4 Å². The molecule has 0 unspecified atom stereocenters. The maximum atomic E-state index is 13.1. The molecule has 0 bridgehead atoms. The van der Waals surface area contributed by atoms with Crippen molar-refractivity contribution in [3.05, 3.63) is 101 Å². The van der Waals surface area contributed by atoms with Gasteiger partial charge in [-0.05, 0) is 49.2 Å². The molecule has 0 aromatic heterocycles. The van der Waals surface area contributed by atoms with Gasteiger partial charge >= 0.3 is 0 Å². The minimum absolute atomic E-state index is 0.102. The van der Waals surface area contributed by atoms with E-state index in [1.165, 1.54) is 24.3 Å². The number of ketones is 1. The van der Waals surface area contributed by atoms with E-state index in [9.17, 15) is 18.8 Å². The summed E-state index contributed by atoms with van der Waals surface area (Å²) < 4.78 is 13.1. The van der Waals surface area contributed by atoms with E-state index < -0.39 is 0 Å². The fourth-order valence-corrected chi connectivity index (χ4v) is 3.86. The van der Waals surface area contributed by atoms with Crippen LogP contribution in [-0.4, -0.2) is 35.6 Å². The van der Waals surface area contributed by atoms with Crippen LogP contribution < -0.4 is 5.32 Å². The highest BCUT2D eigenvalue weighted by atomic mass is 19.1. The van der Waals surface area contributed by atoms with E-state index >= 15 is 0 Å². The molecule has 0 spiro atoms. The lowest BCUT2D eigenvalue weighted by Crippen LogP contribution is -2.41. The van der Waals surface area contributed by atoms with Crippen LogP contribution >= 0.6 is 0 Å². The Morgan fingerprint density at radius 1 is 0.781 bits per heavy atom. The molecule has 4 rings (SSSR count). The molecule has 1 saturated heterocycles. The molecule has 1 fully saturated rings. The van der Waals surface area contributed by atoms with E-state index in [0.29, 0.717) is 48.3 Å².